The Morgan fingerprint density at radius 1 is 1.24 bits per heavy atom. The van der Waals surface area contributed by atoms with Crippen molar-refractivity contribution in [3.8, 4) is 11.3 Å². The molecule has 1 unspecified atom stereocenters. The molecule has 2 fully saturated rings. The molecule has 1 atom stereocenters. The van der Waals surface area contributed by atoms with Crippen LogP contribution in [0, 0.1) is 12.8 Å². The van der Waals surface area contributed by atoms with E-state index in [1.54, 1.807) is 0 Å². The highest BCUT2D eigenvalue weighted by Gasteiger charge is 2.28. The summed E-state index contributed by atoms with van der Waals surface area (Å²) >= 11 is 0. The van der Waals surface area contributed by atoms with Gasteiger partial charge < -0.3 is 14.6 Å². The molecule has 1 aliphatic heterocycles. The zero-order valence-corrected chi connectivity index (χ0v) is 17.5. The van der Waals surface area contributed by atoms with Gasteiger partial charge >= 0.3 is 0 Å². The van der Waals surface area contributed by atoms with E-state index in [-0.39, 0.29) is 12.0 Å². The Kier molecular flexibility index (Phi) is 6.33. The number of nitrogens with zero attached hydrogens (tertiary/aromatic N) is 3. The second-order valence-electron chi connectivity index (χ2n) is 8.65. The molecule has 2 aromatic rings. The van der Waals surface area contributed by atoms with Gasteiger partial charge in [-0.15, -0.1) is 0 Å². The number of hydrogen-bond donors (Lipinski definition) is 1. The van der Waals surface area contributed by atoms with Crippen molar-refractivity contribution >= 4 is 5.91 Å². The van der Waals surface area contributed by atoms with Crippen LogP contribution >= 0.6 is 0 Å². The molecule has 1 N–H and O–H groups in total. The second kappa shape index (κ2) is 9.11. The van der Waals surface area contributed by atoms with Crippen molar-refractivity contribution in [1.82, 2.24) is 20.3 Å². The number of aryl methyl sites for hydroxylation is 2. The van der Waals surface area contributed by atoms with E-state index in [2.05, 4.69) is 10.5 Å². The first-order chi connectivity index (χ1) is 14.1. The fraction of sp³-hybridized carbons (Fsp3) is 0.682. The predicted octanol–water partition coefficient (Wildman–Crippen LogP) is 3.73. The van der Waals surface area contributed by atoms with Crippen molar-refractivity contribution in [1.29, 1.82) is 0 Å². The molecule has 0 aromatic carbocycles. The summed E-state index contributed by atoms with van der Waals surface area (Å²) in [4.78, 5) is 12.2. The van der Waals surface area contributed by atoms with Crippen LogP contribution in [0.15, 0.2) is 16.8 Å². The number of amides is 1. The topological polar surface area (TPSA) is 82.2 Å². The fourth-order valence-electron chi connectivity index (χ4n) is 4.63. The van der Waals surface area contributed by atoms with Gasteiger partial charge in [-0.3, -0.25) is 9.48 Å². The fourth-order valence-corrected chi connectivity index (χ4v) is 4.63. The quantitative estimate of drug-likeness (QED) is 0.799. The maximum Gasteiger partial charge on any atom is 0.222 e. The highest BCUT2D eigenvalue weighted by Crippen LogP contribution is 2.39. The summed E-state index contributed by atoms with van der Waals surface area (Å²) in [6, 6.07) is 1.97. The van der Waals surface area contributed by atoms with E-state index >= 15 is 0 Å². The van der Waals surface area contributed by atoms with Crippen molar-refractivity contribution < 1.29 is 14.1 Å². The maximum absolute atomic E-state index is 12.2. The van der Waals surface area contributed by atoms with Crippen LogP contribution in [0.1, 0.15) is 68.7 Å². The molecule has 29 heavy (non-hydrogen) atoms. The number of nitrogens with one attached hydrogen (secondary N) is 1. The number of carbonyl (C=O) groups excluding carboxylic acids is 1. The van der Waals surface area contributed by atoms with Gasteiger partial charge in [0.25, 0.3) is 0 Å². The van der Waals surface area contributed by atoms with Gasteiger partial charge in [0.15, 0.2) is 5.76 Å². The zero-order chi connectivity index (χ0) is 20.2. The minimum absolute atomic E-state index is 0.113. The lowest BCUT2D eigenvalue weighted by Crippen LogP contribution is -2.34. The standard InChI is InChI=1S/C22H32N4O3/c1-15-11-20(29-25-15)19-14-26(2)24-22(19)17-8-6-16(7-9-17)13-23-21(27)12-18-5-3-4-10-28-18/h11,14,16-18H,3-10,12-13H2,1-2H3,(H,23,27). The van der Waals surface area contributed by atoms with Gasteiger partial charge in [0, 0.05) is 38.4 Å². The first-order valence-corrected chi connectivity index (χ1v) is 10.9. The van der Waals surface area contributed by atoms with E-state index in [4.69, 9.17) is 14.4 Å². The van der Waals surface area contributed by atoms with Crippen molar-refractivity contribution in [3.63, 3.8) is 0 Å². The third kappa shape index (κ3) is 5.07. The van der Waals surface area contributed by atoms with Crippen molar-refractivity contribution in [3.05, 3.63) is 23.7 Å². The Hall–Kier alpha value is -2.15. The molecule has 7 heteroatoms. The molecule has 1 saturated carbocycles. The summed E-state index contributed by atoms with van der Waals surface area (Å²) in [5, 5.41) is 11.9. The molecule has 1 aliphatic carbocycles. The monoisotopic (exact) mass is 400 g/mol. The van der Waals surface area contributed by atoms with Gasteiger partial charge in [-0.05, 0) is 57.8 Å². The normalized spacial score (nSPS) is 25.1. The van der Waals surface area contributed by atoms with Gasteiger partial charge in [0.05, 0.1) is 29.5 Å². The molecule has 2 aliphatic rings. The maximum atomic E-state index is 12.2. The Labute approximate surface area is 172 Å². The van der Waals surface area contributed by atoms with Crippen molar-refractivity contribution in [2.75, 3.05) is 13.2 Å². The minimum Gasteiger partial charge on any atom is -0.378 e. The van der Waals surface area contributed by atoms with Crippen LogP contribution in [0.4, 0.5) is 0 Å². The van der Waals surface area contributed by atoms with E-state index in [1.165, 1.54) is 6.42 Å². The van der Waals surface area contributed by atoms with Crippen molar-refractivity contribution in [2.45, 2.75) is 70.3 Å². The summed E-state index contributed by atoms with van der Waals surface area (Å²) in [5.74, 6) is 1.90. The highest BCUT2D eigenvalue weighted by molar-refractivity contribution is 5.76. The SMILES string of the molecule is Cc1cc(-c2cn(C)nc2C2CCC(CNC(=O)CC3CCCCO3)CC2)on1. The van der Waals surface area contributed by atoms with Crippen LogP contribution in [-0.2, 0) is 16.6 Å². The van der Waals surface area contributed by atoms with E-state index in [1.807, 2.05) is 30.9 Å². The predicted molar refractivity (Wildman–Crippen MR) is 109 cm³/mol. The largest absolute Gasteiger partial charge is 0.378 e. The molecule has 1 saturated heterocycles. The molecule has 4 rings (SSSR count). The van der Waals surface area contributed by atoms with Gasteiger partial charge in [0.1, 0.15) is 0 Å². The lowest BCUT2D eigenvalue weighted by molar-refractivity contribution is -0.125. The minimum atomic E-state index is 0.113. The Bertz CT molecular complexity index is 814. The van der Waals surface area contributed by atoms with Gasteiger partial charge in [-0.1, -0.05) is 5.16 Å². The molecule has 0 spiro atoms. The number of aromatic nitrogens is 3. The van der Waals surface area contributed by atoms with Gasteiger partial charge in [0.2, 0.25) is 5.91 Å². The van der Waals surface area contributed by atoms with Gasteiger partial charge in [-0.2, -0.15) is 5.10 Å². The number of carbonyl (C=O) groups is 1. The van der Waals surface area contributed by atoms with E-state index in [0.717, 1.165) is 74.4 Å². The first-order valence-electron chi connectivity index (χ1n) is 10.9. The van der Waals surface area contributed by atoms with Crippen LogP contribution < -0.4 is 5.32 Å². The summed E-state index contributed by atoms with van der Waals surface area (Å²) in [5.41, 5.74) is 3.05. The van der Waals surface area contributed by atoms with Crippen molar-refractivity contribution in [2.24, 2.45) is 13.0 Å². The molecule has 1 amide bonds. The van der Waals surface area contributed by atoms with Crippen LogP contribution in [-0.4, -0.2) is 40.1 Å². The lowest BCUT2D eigenvalue weighted by atomic mass is 9.79. The molecule has 7 nitrogen and oxygen atoms in total. The Morgan fingerprint density at radius 2 is 2.07 bits per heavy atom. The van der Waals surface area contributed by atoms with Crippen LogP contribution in [0.3, 0.4) is 0 Å². The molecule has 158 valence electrons. The Balaban J connectivity index is 1.27. The molecular formula is C22H32N4O3. The Morgan fingerprint density at radius 3 is 2.76 bits per heavy atom. The number of ether oxygens (including phenoxy) is 1. The first kappa shape index (κ1) is 20.1. The highest BCUT2D eigenvalue weighted by atomic mass is 16.5. The van der Waals surface area contributed by atoms with Crippen LogP contribution in [0.25, 0.3) is 11.3 Å². The summed E-state index contributed by atoms with van der Waals surface area (Å²) in [7, 11) is 1.95. The van der Waals surface area contributed by atoms with Crippen LogP contribution in [0.5, 0.6) is 0 Å². The third-order valence-corrected chi connectivity index (χ3v) is 6.26. The molecule has 3 heterocycles. The van der Waals surface area contributed by atoms with Gasteiger partial charge in [-0.25, -0.2) is 0 Å². The van der Waals surface area contributed by atoms with E-state index < -0.39 is 0 Å². The average molecular weight is 401 g/mol. The van der Waals surface area contributed by atoms with Crippen LogP contribution in [0.2, 0.25) is 0 Å². The molecule has 0 bridgehead atoms. The summed E-state index contributed by atoms with van der Waals surface area (Å²) in [6.45, 7) is 3.50. The van der Waals surface area contributed by atoms with E-state index in [9.17, 15) is 4.79 Å². The second-order valence-corrected chi connectivity index (χ2v) is 8.65. The number of rotatable bonds is 6. The smallest absolute Gasteiger partial charge is 0.222 e. The molecule has 0 radical (unpaired) electrons. The zero-order valence-electron chi connectivity index (χ0n) is 17.5. The molecular weight excluding hydrogens is 368 g/mol. The summed E-state index contributed by atoms with van der Waals surface area (Å²) in [6.07, 6.45) is 10.3. The lowest BCUT2D eigenvalue weighted by Gasteiger charge is -2.28. The van der Waals surface area contributed by atoms with E-state index in [0.29, 0.717) is 18.3 Å². The third-order valence-electron chi connectivity index (χ3n) is 6.26. The molecule has 2 aromatic heterocycles. The average Bonchev–Trinajstić information content (AvgIpc) is 3.33. The number of hydrogen-bond acceptors (Lipinski definition) is 5. The summed E-state index contributed by atoms with van der Waals surface area (Å²) < 4.78 is 13.0.